The van der Waals surface area contributed by atoms with Gasteiger partial charge in [0.05, 0.1) is 6.10 Å². The van der Waals surface area contributed by atoms with Crippen LogP contribution < -0.4 is 0 Å². The van der Waals surface area contributed by atoms with Crippen LogP contribution in [-0.2, 0) is 4.74 Å². The van der Waals surface area contributed by atoms with Crippen LogP contribution in [-0.4, -0.2) is 18.5 Å². The van der Waals surface area contributed by atoms with Crippen molar-refractivity contribution in [3.63, 3.8) is 0 Å². The lowest BCUT2D eigenvalue weighted by atomic mass is 9.96. The van der Waals surface area contributed by atoms with Gasteiger partial charge < -0.3 is 4.74 Å². The normalized spacial score (nSPS) is 15.9. The van der Waals surface area contributed by atoms with Crippen molar-refractivity contribution >= 4 is 5.78 Å². The van der Waals surface area contributed by atoms with Gasteiger partial charge >= 0.3 is 0 Å². The monoisotopic (exact) mass is 218 g/mol. The molecule has 0 heterocycles. The van der Waals surface area contributed by atoms with E-state index >= 15 is 0 Å². The molecular formula is C14H18O2. The van der Waals surface area contributed by atoms with E-state index in [2.05, 4.69) is 0 Å². The molecule has 0 N–H and O–H groups in total. The van der Waals surface area contributed by atoms with Gasteiger partial charge in [-0.25, -0.2) is 0 Å². The van der Waals surface area contributed by atoms with E-state index in [1.807, 2.05) is 32.0 Å². The van der Waals surface area contributed by atoms with Crippen LogP contribution in [0.3, 0.4) is 0 Å². The van der Waals surface area contributed by atoms with Crippen LogP contribution in [0.15, 0.2) is 18.2 Å². The predicted molar refractivity (Wildman–Crippen MR) is 63.8 cm³/mol. The number of carbonyl (C=O) groups excluding carboxylic acids is 1. The zero-order valence-electron chi connectivity index (χ0n) is 9.95. The molecule has 0 saturated heterocycles. The number of hydrogen-bond acceptors (Lipinski definition) is 2. The molecule has 2 nitrogen and oxygen atoms in total. The summed E-state index contributed by atoms with van der Waals surface area (Å²) in [6, 6.07) is 5.96. The van der Waals surface area contributed by atoms with Gasteiger partial charge in [-0.2, -0.15) is 0 Å². The Hall–Kier alpha value is -1.15. The van der Waals surface area contributed by atoms with Crippen LogP contribution in [0, 0.1) is 13.8 Å². The Bertz CT molecular complexity index is 392. The van der Waals surface area contributed by atoms with Gasteiger partial charge in [0.25, 0.3) is 0 Å². The molecule has 86 valence electrons. The fourth-order valence-corrected chi connectivity index (χ4v) is 1.84. The molecule has 0 amide bonds. The summed E-state index contributed by atoms with van der Waals surface area (Å²) in [6.07, 6.45) is 3.79. The number of carbonyl (C=O) groups is 1. The summed E-state index contributed by atoms with van der Waals surface area (Å²) in [5, 5.41) is 0. The first-order valence-corrected chi connectivity index (χ1v) is 5.89. The third kappa shape index (κ3) is 2.50. The third-order valence-corrected chi connectivity index (χ3v) is 3.20. The summed E-state index contributed by atoms with van der Waals surface area (Å²) in [6.45, 7) is 4.20. The van der Waals surface area contributed by atoms with E-state index in [1.54, 1.807) is 0 Å². The van der Waals surface area contributed by atoms with Crippen molar-refractivity contribution in [1.29, 1.82) is 0 Å². The Kier molecular flexibility index (Phi) is 3.39. The quantitative estimate of drug-likeness (QED) is 0.726. The van der Waals surface area contributed by atoms with Crippen LogP contribution in [0.5, 0.6) is 0 Å². The highest BCUT2D eigenvalue weighted by atomic mass is 16.5. The zero-order chi connectivity index (χ0) is 11.5. The minimum absolute atomic E-state index is 0.105. The Balaban J connectivity index is 1.99. The fraction of sp³-hybridized carbons (Fsp3) is 0.500. The SMILES string of the molecule is Cc1ccc(C)c(C(=O)COC2CCC2)c1. The van der Waals surface area contributed by atoms with Gasteiger partial charge in [0.2, 0.25) is 0 Å². The molecule has 2 rings (SSSR count). The van der Waals surface area contributed by atoms with Crippen molar-refractivity contribution < 1.29 is 9.53 Å². The molecule has 1 aromatic rings. The largest absolute Gasteiger partial charge is 0.370 e. The topological polar surface area (TPSA) is 26.3 Å². The number of ketones is 1. The highest BCUT2D eigenvalue weighted by molar-refractivity contribution is 5.98. The lowest BCUT2D eigenvalue weighted by molar-refractivity contribution is 0.00728. The predicted octanol–water partition coefficient (Wildman–Crippen LogP) is 3.06. The molecular weight excluding hydrogens is 200 g/mol. The van der Waals surface area contributed by atoms with E-state index in [4.69, 9.17) is 4.74 Å². The summed E-state index contributed by atoms with van der Waals surface area (Å²) >= 11 is 0. The lowest BCUT2D eigenvalue weighted by Crippen LogP contribution is -2.25. The van der Waals surface area contributed by atoms with E-state index in [0.29, 0.717) is 6.10 Å². The van der Waals surface area contributed by atoms with Crippen LogP contribution in [0.1, 0.15) is 40.7 Å². The first-order valence-electron chi connectivity index (χ1n) is 5.89. The molecule has 0 bridgehead atoms. The van der Waals surface area contributed by atoms with E-state index < -0.39 is 0 Å². The number of aryl methyl sites for hydroxylation is 2. The maximum absolute atomic E-state index is 11.9. The van der Waals surface area contributed by atoms with Crippen molar-refractivity contribution in [2.45, 2.75) is 39.2 Å². The summed E-state index contributed by atoms with van der Waals surface area (Å²) in [5.41, 5.74) is 2.96. The minimum atomic E-state index is 0.105. The van der Waals surface area contributed by atoms with E-state index in [9.17, 15) is 4.79 Å². The summed E-state index contributed by atoms with van der Waals surface area (Å²) < 4.78 is 5.54. The average Bonchev–Trinajstić information content (AvgIpc) is 2.19. The second-order valence-electron chi connectivity index (χ2n) is 4.61. The van der Waals surface area contributed by atoms with Crippen LogP contribution >= 0.6 is 0 Å². The van der Waals surface area contributed by atoms with Crippen molar-refractivity contribution in [3.8, 4) is 0 Å². The van der Waals surface area contributed by atoms with Crippen molar-refractivity contribution in [1.82, 2.24) is 0 Å². The molecule has 1 aromatic carbocycles. The van der Waals surface area contributed by atoms with Crippen LogP contribution in [0.25, 0.3) is 0 Å². The van der Waals surface area contributed by atoms with Crippen molar-refractivity contribution in [2.24, 2.45) is 0 Å². The molecule has 0 radical (unpaired) electrons. The lowest BCUT2D eigenvalue weighted by Gasteiger charge is -2.25. The minimum Gasteiger partial charge on any atom is -0.370 e. The van der Waals surface area contributed by atoms with Crippen molar-refractivity contribution in [2.75, 3.05) is 6.61 Å². The number of Topliss-reactive ketones (excluding diaryl/α,β-unsaturated/α-hetero) is 1. The summed E-state index contributed by atoms with van der Waals surface area (Å²) in [5.74, 6) is 0.105. The summed E-state index contributed by atoms with van der Waals surface area (Å²) in [7, 11) is 0. The highest BCUT2D eigenvalue weighted by Crippen LogP contribution is 2.22. The maximum Gasteiger partial charge on any atom is 0.188 e. The molecule has 1 aliphatic carbocycles. The number of hydrogen-bond donors (Lipinski definition) is 0. The molecule has 2 heteroatoms. The molecule has 1 saturated carbocycles. The Morgan fingerprint density at radius 1 is 1.38 bits per heavy atom. The van der Waals surface area contributed by atoms with Gasteiger partial charge in [0.15, 0.2) is 5.78 Å². The van der Waals surface area contributed by atoms with Gasteiger partial charge in [-0.3, -0.25) is 4.79 Å². The molecule has 0 aromatic heterocycles. The Labute approximate surface area is 96.6 Å². The van der Waals surface area contributed by atoms with E-state index in [-0.39, 0.29) is 12.4 Å². The van der Waals surface area contributed by atoms with Gasteiger partial charge in [-0.05, 0) is 44.7 Å². The molecule has 0 spiro atoms. The molecule has 0 atom stereocenters. The molecule has 0 aliphatic heterocycles. The number of ether oxygens (including phenoxy) is 1. The van der Waals surface area contributed by atoms with E-state index in [0.717, 1.165) is 29.5 Å². The standard InChI is InChI=1S/C14H18O2/c1-10-6-7-11(2)13(8-10)14(15)9-16-12-4-3-5-12/h6-8,12H,3-5,9H2,1-2H3. The zero-order valence-corrected chi connectivity index (χ0v) is 9.95. The maximum atomic E-state index is 11.9. The molecule has 16 heavy (non-hydrogen) atoms. The van der Waals surface area contributed by atoms with Crippen LogP contribution in [0.4, 0.5) is 0 Å². The smallest absolute Gasteiger partial charge is 0.188 e. The molecule has 0 unspecified atom stereocenters. The van der Waals surface area contributed by atoms with Gasteiger partial charge in [-0.15, -0.1) is 0 Å². The Morgan fingerprint density at radius 2 is 2.12 bits per heavy atom. The van der Waals surface area contributed by atoms with Crippen LogP contribution in [0.2, 0.25) is 0 Å². The van der Waals surface area contributed by atoms with Gasteiger partial charge in [0, 0.05) is 5.56 Å². The number of rotatable bonds is 4. The number of benzene rings is 1. The van der Waals surface area contributed by atoms with Crippen molar-refractivity contribution in [3.05, 3.63) is 34.9 Å². The average molecular weight is 218 g/mol. The fourth-order valence-electron chi connectivity index (χ4n) is 1.84. The first kappa shape index (κ1) is 11.3. The molecule has 1 fully saturated rings. The van der Waals surface area contributed by atoms with E-state index in [1.165, 1.54) is 6.42 Å². The Morgan fingerprint density at radius 3 is 2.75 bits per heavy atom. The van der Waals surface area contributed by atoms with Gasteiger partial charge in [-0.1, -0.05) is 17.7 Å². The van der Waals surface area contributed by atoms with Gasteiger partial charge in [0.1, 0.15) is 6.61 Å². The second-order valence-corrected chi connectivity index (χ2v) is 4.61. The second kappa shape index (κ2) is 4.79. The first-order chi connectivity index (χ1) is 7.66. The summed E-state index contributed by atoms with van der Waals surface area (Å²) in [4.78, 5) is 11.9. The molecule has 1 aliphatic rings. The third-order valence-electron chi connectivity index (χ3n) is 3.20. The highest BCUT2D eigenvalue weighted by Gasteiger charge is 2.19.